The number of hydrogen-bond acceptors (Lipinski definition) is 2. The van der Waals surface area contributed by atoms with Crippen molar-refractivity contribution in [1.29, 1.82) is 0 Å². The van der Waals surface area contributed by atoms with Crippen LogP contribution in [-0.2, 0) is 0 Å². The van der Waals surface area contributed by atoms with Gasteiger partial charge in [0.2, 0.25) is 0 Å². The Hall–Kier alpha value is -1.19. The summed E-state index contributed by atoms with van der Waals surface area (Å²) in [7, 11) is 0. The van der Waals surface area contributed by atoms with Crippen molar-refractivity contribution in [1.82, 2.24) is 10.3 Å². The van der Waals surface area contributed by atoms with Crippen LogP contribution in [0.1, 0.15) is 42.9 Å². The quantitative estimate of drug-likeness (QED) is 0.896. The van der Waals surface area contributed by atoms with E-state index in [1.165, 1.54) is 28.4 Å². The molecule has 104 valence electrons. The fourth-order valence-electron chi connectivity index (χ4n) is 2.87. The van der Waals surface area contributed by atoms with E-state index in [2.05, 4.69) is 63.5 Å². The first-order chi connectivity index (χ1) is 9.72. The van der Waals surface area contributed by atoms with Crippen LogP contribution >= 0.6 is 15.9 Å². The summed E-state index contributed by atoms with van der Waals surface area (Å²) in [6, 6.07) is 13.8. The lowest BCUT2D eigenvalue weighted by molar-refractivity contribution is 0.270. The zero-order chi connectivity index (χ0) is 13.9. The third kappa shape index (κ3) is 3.10. The van der Waals surface area contributed by atoms with E-state index in [1.807, 2.05) is 18.5 Å². The van der Waals surface area contributed by atoms with E-state index in [9.17, 15) is 0 Å². The first-order valence-corrected chi connectivity index (χ1v) is 7.93. The van der Waals surface area contributed by atoms with Gasteiger partial charge in [0.15, 0.2) is 0 Å². The summed E-state index contributed by atoms with van der Waals surface area (Å²) in [5.41, 5.74) is 2.71. The highest BCUT2D eigenvalue weighted by molar-refractivity contribution is 9.10. The van der Waals surface area contributed by atoms with Gasteiger partial charge in [-0.05, 0) is 55.0 Å². The molecule has 1 N–H and O–H groups in total. The predicted octanol–water partition coefficient (Wildman–Crippen LogP) is 4.44. The van der Waals surface area contributed by atoms with Crippen molar-refractivity contribution in [2.75, 3.05) is 0 Å². The highest BCUT2D eigenvalue weighted by atomic mass is 79.9. The summed E-state index contributed by atoms with van der Waals surface area (Å²) in [5.74, 6) is 0.700. The Morgan fingerprint density at radius 2 is 2.10 bits per heavy atom. The Kier molecular flexibility index (Phi) is 4.18. The minimum atomic E-state index is 0.372. The number of pyridine rings is 1. The van der Waals surface area contributed by atoms with E-state index < -0.39 is 0 Å². The predicted molar refractivity (Wildman–Crippen MR) is 85.7 cm³/mol. The van der Waals surface area contributed by atoms with Gasteiger partial charge in [-0.25, -0.2) is 0 Å². The zero-order valence-electron chi connectivity index (χ0n) is 11.6. The molecule has 1 saturated carbocycles. The van der Waals surface area contributed by atoms with Crippen molar-refractivity contribution in [2.45, 2.75) is 37.8 Å². The summed E-state index contributed by atoms with van der Waals surface area (Å²) >= 11 is 3.55. The third-order valence-electron chi connectivity index (χ3n) is 4.13. The normalized spacial score (nSPS) is 23.1. The Labute approximate surface area is 128 Å². The van der Waals surface area contributed by atoms with Gasteiger partial charge in [-0.15, -0.1) is 0 Å². The SMILES string of the molecule is C[C@H](NC1CC(c2cccc(Br)c2)C1)c1cccnc1. The van der Waals surface area contributed by atoms with Gasteiger partial charge in [-0.1, -0.05) is 34.1 Å². The molecule has 0 amide bonds. The largest absolute Gasteiger partial charge is 0.307 e. The Morgan fingerprint density at radius 1 is 1.25 bits per heavy atom. The molecular weight excluding hydrogens is 312 g/mol. The maximum absolute atomic E-state index is 4.18. The van der Waals surface area contributed by atoms with Crippen molar-refractivity contribution in [3.8, 4) is 0 Å². The molecule has 1 aromatic heterocycles. The number of nitrogens with one attached hydrogen (secondary N) is 1. The van der Waals surface area contributed by atoms with Crippen LogP contribution in [0.15, 0.2) is 53.3 Å². The van der Waals surface area contributed by atoms with Gasteiger partial charge in [-0.3, -0.25) is 4.98 Å². The van der Waals surface area contributed by atoms with Crippen LogP contribution in [0.3, 0.4) is 0 Å². The molecule has 0 spiro atoms. The molecule has 1 fully saturated rings. The molecule has 1 aliphatic carbocycles. The maximum Gasteiger partial charge on any atom is 0.0315 e. The Morgan fingerprint density at radius 3 is 2.80 bits per heavy atom. The minimum Gasteiger partial charge on any atom is -0.307 e. The van der Waals surface area contributed by atoms with Crippen LogP contribution in [0.4, 0.5) is 0 Å². The molecule has 2 aromatic rings. The first kappa shape index (κ1) is 13.8. The second kappa shape index (κ2) is 6.06. The summed E-state index contributed by atoms with van der Waals surface area (Å²) in [5, 5.41) is 3.70. The molecule has 2 nitrogen and oxygen atoms in total. The van der Waals surface area contributed by atoms with E-state index in [1.54, 1.807) is 0 Å². The third-order valence-corrected chi connectivity index (χ3v) is 4.62. The molecule has 3 rings (SSSR count). The molecular formula is C17H19BrN2. The lowest BCUT2D eigenvalue weighted by atomic mass is 9.75. The van der Waals surface area contributed by atoms with Crippen LogP contribution in [0.25, 0.3) is 0 Å². The maximum atomic E-state index is 4.18. The average Bonchev–Trinajstić information content (AvgIpc) is 2.43. The van der Waals surface area contributed by atoms with Gasteiger partial charge in [-0.2, -0.15) is 0 Å². The van der Waals surface area contributed by atoms with Gasteiger partial charge < -0.3 is 5.32 Å². The fourth-order valence-corrected chi connectivity index (χ4v) is 3.29. The van der Waals surface area contributed by atoms with Gasteiger partial charge in [0.25, 0.3) is 0 Å². The number of hydrogen-bond donors (Lipinski definition) is 1. The second-order valence-corrected chi connectivity index (χ2v) is 6.51. The zero-order valence-corrected chi connectivity index (χ0v) is 13.2. The van der Waals surface area contributed by atoms with E-state index >= 15 is 0 Å². The molecule has 1 heterocycles. The van der Waals surface area contributed by atoms with E-state index in [0.717, 1.165) is 0 Å². The number of aromatic nitrogens is 1. The molecule has 1 atom stereocenters. The van der Waals surface area contributed by atoms with Crippen LogP contribution in [0, 0.1) is 0 Å². The summed E-state index contributed by atoms with van der Waals surface area (Å²) < 4.78 is 1.18. The Balaban J connectivity index is 1.54. The average molecular weight is 331 g/mol. The first-order valence-electron chi connectivity index (χ1n) is 7.14. The van der Waals surface area contributed by atoms with Gasteiger partial charge >= 0.3 is 0 Å². The number of benzene rings is 1. The van der Waals surface area contributed by atoms with Crippen LogP contribution in [-0.4, -0.2) is 11.0 Å². The van der Waals surface area contributed by atoms with E-state index in [0.29, 0.717) is 18.0 Å². The summed E-state index contributed by atoms with van der Waals surface area (Å²) in [6.45, 7) is 2.21. The van der Waals surface area contributed by atoms with E-state index in [-0.39, 0.29) is 0 Å². The molecule has 0 bridgehead atoms. The van der Waals surface area contributed by atoms with Gasteiger partial charge in [0.05, 0.1) is 0 Å². The molecule has 20 heavy (non-hydrogen) atoms. The molecule has 0 aliphatic heterocycles. The summed E-state index contributed by atoms with van der Waals surface area (Å²) in [4.78, 5) is 4.18. The number of rotatable bonds is 4. The standard InChI is InChI=1S/C17H19BrN2/c1-12(14-5-3-7-19-11-14)20-17-9-15(10-17)13-4-2-6-16(18)8-13/h2-8,11-12,15,17,20H,9-10H2,1H3/t12-,15?,17?/m0/s1. The van der Waals surface area contributed by atoms with Gasteiger partial charge in [0.1, 0.15) is 0 Å². The highest BCUT2D eigenvalue weighted by Crippen LogP contribution is 2.38. The second-order valence-electron chi connectivity index (χ2n) is 5.59. The minimum absolute atomic E-state index is 0.372. The van der Waals surface area contributed by atoms with Crippen LogP contribution in [0.5, 0.6) is 0 Å². The van der Waals surface area contributed by atoms with Crippen LogP contribution < -0.4 is 5.32 Å². The number of halogens is 1. The monoisotopic (exact) mass is 330 g/mol. The highest BCUT2D eigenvalue weighted by Gasteiger charge is 2.31. The van der Waals surface area contributed by atoms with E-state index in [4.69, 9.17) is 0 Å². The molecule has 3 heteroatoms. The van der Waals surface area contributed by atoms with Crippen molar-refractivity contribution in [3.05, 3.63) is 64.4 Å². The topological polar surface area (TPSA) is 24.9 Å². The van der Waals surface area contributed by atoms with Crippen molar-refractivity contribution in [2.24, 2.45) is 0 Å². The molecule has 1 aliphatic rings. The molecule has 0 saturated heterocycles. The molecule has 0 radical (unpaired) electrons. The van der Waals surface area contributed by atoms with Crippen molar-refractivity contribution < 1.29 is 0 Å². The number of nitrogens with zero attached hydrogens (tertiary/aromatic N) is 1. The Bertz CT molecular complexity index is 564. The lowest BCUT2D eigenvalue weighted by Gasteiger charge is -2.38. The van der Waals surface area contributed by atoms with Gasteiger partial charge in [0, 0.05) is 29.0 Å². The molecule has 1 aromatic carbocycles. The smallest absolute Gasteiger partial charge is 0.0315 e. The van der Waals surface area contributed by atoms with Crippen molar-refractivity contribution >= 4 is 15.9 Å². The van der Waals surface area contributed by atoms with Crippen LogP contribution in [0.2, 0.25) is 0 Å². The molecule has 0 unspecified atom stereocenters. The lowest BCUT2D eigenvalue weighted by Crippen LogP contribution is -2.41. The fraction of sp³-hybridized carbons (Fsp3) is 0.353. The van der Waals surface area contributed by atoms with Crippen molar-refractivity contribution in [3.63, 3.8) is 0 Å². The summed E-state index contributed by atoms with van der Waals surface area (Å²) in [6.07, 6.45) is 6.22.